The summed E-state index contributed by atoms with van der Waals surface area (Å²) in [7, 11) is 7.34. The number of likely N-dealkylation sites (N-methyl/N-ethyl adjacent to an activating group) is 1. The summed E-state index contributed by atoms with van der Waals surface area (Å²) in [4.78, 5) is 16.3. The van der Waals surface area contributed by atoms with Crippen molar-refractivity contribution < 1.29 is 14.3 Å². The molecule has 0 radical (unpaired) electrons. The Bertz CT molecular complexity index is 528. The highest BCUT2D eigenvalue weighted by atomic mass is 16.5. The Labute approximate surface area is 126 Å². The highest BCUT2D eigenvalue weighted by molar-refractivity contribution is 5.95. The van der Waals surface area contributed by atoms with Crippen LogP contribution in [-0.4, -0.2) is 51.7 Å². The fourth-order valence-electron chi connectivity index (χ4n) is 2.73. The van der Waals surface area contributed by atoms with Gasteiger partial charge in [0, 0.05) is 25.1 Å². The van der Waals surface area contributed by atoms with Gasteiger partial charge in [-0.15, -0.1) is 0 Å². The molecule has 1 heterocycles. The summed E-state index contributed by atoms with van der Waals surface area (Å²) in [5.41, 5.74) is 2.07. The molecule has 21 heavy (non-hydrogen) atoms. The van der Waals surface area contributed by atoms with E-state index in [2.05, 4.69) is 4.90 Å². The smallest absolute Gasteiger partial charge is 0.226 e. The maximum atomic E-state index is 12.3. The molecule has 5 nitrogen and oxygen atoms in total. The van der Waals surface area contributed by atoms with Crippen molar-refractivity contribution in [2.45, 2.75) is 25.8 Å². The van der Waals surface area contributed by atoms with Gasteiger partial charge >= 0.3 is 0 Å². The van der Waals surface area contributed by atoms with E-state index in [1.54, 1.807) is 14.2 Å². The Morgan fingerprint density at radius 2 is 1.90 bits per heavy atom. The molecule has 0 saturated heterocycles. The number of rotatable bonds is 4. The van der Waals surface area contributed by atoms with Crippen molar-refractivity contribution in [1.29, 1.82) is 0 Å². The molecule has 1 aromatic rings. The van der Waals surface area contributed by atoms with Crippen LogP contribution >= 0.6 is 0 Å². The highest BCUT2D eigenvalue weighted by Crippen LogP contribution is 2.38. The first-order valence-electron chi connectivity index (χ1n) is 7.23. The second kappa shape index (κ2) is 6.35. The zero-order valence-electron chi connectivity index (χ0n) is 13.5. The van der Waals surface area contributed by atoms with Crippen LogP contribution in [0.5, 0.6) is 11.5 Å². The minimum absolute atomic E-state index is 0.134. The molecule has 1 aromatic carbocycles. The number of hydrogen-bond donors (Lipinski definition) is 0. The van der Waals surface area contributed by atoms with E-state index < -0.39 is 0 Å². The monoisotopic (exact) mass is 292 g/mol. The third kappa shape index (κ3) is 2.97. The number of benzene rings is 1. The van der Waals surface area contributed by atoms with Crippen LogP contribution in [0.4, 0.5) is 5.69 Å². The SMILES string of the molecule is CCC(=O)N1C[C@@H](N(C)C)Cc2cc(OC)c(OC)cc21. The van der Waals surface area contributed by atoms with Crippen molar-refractivity contribution in [2.24, 2.45) is 0 Å². The second-order valence-electron chi connectivity index (χ2n) is 5.52. The first-order chi connectivity index (χ1) is 10.0. The standard InChI is InChI=1S/C16H24N2O3/c1-6-16(19)18-10-12(17(2)3)7-11-8-14(20-4)15(21-5)9-13(11)18/h8-9,12H,6-7,10H2,1-5H3/t12-/m0/s1. The molecule has 1 amide bonds. The van der Waals surface area contributed by atoms with Crippen LogP contribution in [0, 0.1) is 0 Å². The van der Waals surface area contributed by atoms with Crippen molar-refractivity contribution in [3.63, 3.8) is 0 Å². The molecule has 5 heteroatoms. The maximum absolute atomic E-state index is 12.3. The summed E-state index contributed by atoms with van der Waals surface area (Å²) in [5.74, 6) is 1.50. The van der Waals surface area contributed by atoms with Gasteiger partial charge in [-0.25, -0.2) is 0 Å². The first-order valence-corrected chi connectivity index (χ1v) is 7.23. The molecule has 1 atom stereocenters. The molecule has 2 rings (SSSR count). The zero-order valence-corrected chi connectivity index (χ0v) is 13.5. The second-order valence-corrected chi connectivity index (χ2v) is 5.52. The summed E-state index contributed by atoms with van der Waals surface area (Å²) in [6.07, 6.45) is 1.39. The summed E-state index contributed by atoms with van der Waals surface area (Å²) in [6, 6.07) is 4.21. The van der Waals surface area contributed by atoms with Crippen LogP contribution in [0.1, 0.15) is 18.9 Å². The van der Waals surface area contributed by atoms with Gasteiger partial charge in [0.25, 0.3) is 0 Å². The van der Waals surface area contributed by atoms with Crippen LogP contribution in [0.25, 0.3) is 0 Å². The van der Waals surface area contributed by atoms with Gasteiger partial charge in [-0.2, -0.15) is 0 Å². The average molecular weight is 292 g/mol. The molecule has 0 aliphatic carbocycles. The fourth-order valence-corrected chi connectivity index (χ4v) is 2.73. The van der Waals surface area contributed by atoms with Crippen LogP contribution in [0.2, 0.25) is 0 Å². The lowest BCUT2D eigenvalue weighted by molar-refractivity contribution is -0.118. The van der Waals surface area contributed by atoms with Gasteiger partial charge in [-0.1, -0.05) is 6.92 Å². The normalized spacial score (nSPS) is 17.6. The average Bonchev–Trinajstić information content (AvgIpc) is 2.51. The van der Waals surface area contributed by atoms with E-state index >= 15 is 0 Å². The van der Waals surface area contributed by atoms with Gasteiger partial charge < -0.3 is 19.3 Å². The van der Waals surface area contributed by atoms with E-state index in [1.807, 2.05) is 38.1 Å². The van der Waals surface area contributed by atoms with Gasteiger partial charge in [-0.3, -0.25) is 4.79 Å². The predicted molar refractivity (Wildman–Crippen MR) is 83.4 cm³/mol. The van der Waals surface area contributed by atoms with Crippen molar-refractivity contribution in [1.82, 2.24) is 4.90 Å². The molecule has 1 aliphatic rings. The maximum Gasteiger partial charge on any atom is 0.226 e. The van der Waals surface area contributed by atoms with E-state index in [9.17, 15) is 4.79 Å². The number of fused-ring (bicyclic) bond motifs is 1. The Morgan fingerprint density at radius 1 is 1.29 bits per heavy atom. The molecule has 116 valence electrons. The van der Waals surface area contributed by atoms with Crippen molar-refractivity contribution in [3.8, 4) is 11.5 Å². The molecule has 0 fully saturated rings. The zero-order chi connectivity index (χ0) is 15.6. The third-order valence-electron chi connectivity index (χ3n) is 4.06. The number of nitrogens with zero attached hydrogens (tertiary/aromatic N) is 2. The van der Waals surface area contributed by atoms with Crippen LogP contribution in [0.3, 0.4) is 0 Å². The largest absolute Gasteiger partial charge is 0.493 e. The Morgan fingerprint density at radius 3 is 2.43 bits per heavy atom. The van der Waals surface area contributed by atoms with E-state index in [4.69, 9.17) is 9.47 Å². The molecule has 0 saturated carbocycles. The number of carbonyl (C=O) groups is 1. The van der Waals surface area contributed by atoms with Crippen LogP contribution < -0.4 is 14.4 Å². The van der Waals surface area contributed by atoms with Crippen LogP contribution in [0.15, 0.2) is 12.1 Å². The molecule has 0 N–H and O–H groups in total. The van der Waals surface area contributed by atoms with E-state index in [0.29, 0.717) is 30.5 Å². The molecule has 0 unspecified atom stereocenters. The minimum Gasteiger partial charge on any atom is -0.493 e. The lowest BCUT2D eigenvalue weighted by Gasteiger charge is -2.38. The lowest BCUT2D eigenvalue weighted by atomic mass is 9.96. The molecule has 0 bridgehead atoms. The Hall–Kier alpha value is -1.75. The third-order valence-corrected chi connectivity index (χ3v) is 4.06. The van der Waals surface area contributed by atoms with E-state index in [-0.39, 0.29) is 5.91 Å². The Balaban J connectivity index is 2.50. The number of anilines is 1. The van der Waals surface area contributed by atoms with Crippen LogP contribution in [-0.2, 0) is 11.2 Å². The molecule has 1 aliphatic heterocycles. The quantitative estimate of drug-likeness (QED) is 0.850. The topological polar surface area (TPSA) is 42.0 Å². The molecule has 0 spiro atoms. The summed E-state index contributed by atoms with van der Waals surface area (Å²) >= 11 is 0. The van der Waals surface area contributed by atoms with Gasteiger partial charge in [-0.05, 0) is 32.1 Å². The first kappa shape index (κ1) is 15.6. The van der Waals surface area contributed by atoms with E-state index in [0.717, 1.165) is 17.7 Å². The van der Waals surface area contributed by atoms with Gasteiger partial charge in [0.05, 0.1) is 19.9 Å². The predicted octanol–water partition coefficient (Wildman–Crippen LogP) is 1.93. The summed E-state index contributed by atoms with van der Waals surface area (Å²) < 4.78 is 10.7. The Kier molecular flexibility index (Phi) is 4.73. The summed E-state index contributed by atoms with van der Waals surface area (Å²) in [5, 5.41) is 0. The highest BCUT2D eigenvalue weighted by Gasteiger charge is 2.30. The number of carbonyl (C=O) groups excluding carboxylic acids is 1. The number of methoxy groups -OCH3 is 2. The number of hydrogen-bond acceptors (Lipinski definition) is 4. The number of ether oxygens (including phenoxy) is 2. The molecular formula is C16H24N2O3. The van der Waals surface area contributed by atoms with Gasteiger partial charge in [0.1, 0.15) is 0 Å². The molecular weight excluding hydrogens is 268 g/mol. The minimum atomic E-state index is 0.134. The lowest BCUT2D eigenvalue weighted by Crippen LogP contribution is -2.48. The fraction of sp³-hybridized carbons (Fsp3) is 0.562. The van der Waals surface area contributed by atoms with Crippen molar-refractivity contribution >= 4 is 11.6 Å². The van der Waals surface area contributed by atoms with Gasteiger partial charge in [0.15, 0.2) is 11.5 Å². The van der Waals surface area contributed by atoms with Crippen molar-refractivity contribution in [3.05, 3.63) is 17.7 Å². The summed E-state index contributed by atoms with van der Waals surface area (Å²) in [6.45, 7) is 2.60. The molecule has 0 aromatic heterocycles. The number of amides is 1. The van der Waals surface area contributed by atoms with Crippen molar-refractivity contribution in [2.75, 3.05) is 39.8 Å². The van der Waals surface area contributed by atoms with Gasteiger partial charge in [0.2, 0.25) is 5.91 Å². The van der Waals surface area contributed by atoms with E-state index in [1.165, 1.54) is 0 Å².